The summed E-state index contributed by atoms with van der Waals surface area (Å²) in [5.41, 5.74) is 1.03. The number of amides is 2. The molecule has 0 fully saturated rings. The van der Waals surface area contributed by atoms with Crippen LogP contribution in [0.25, 0.3) is 0 Å². The van der Waals surface area contributed by atoms with Crippen LogP contribution in [0.1, 0.15) is 6.42 Å². The van der Waals surface area contributed by atoms with Crippen molar-refractivity contribution in [3.05, 3.63) is 0 Å². The van der Waals surface area contributed by atoms with Gasteiger partial charge in [0.1, 0.15) is 6.04 Å². The fraction of sp³-hybridized carbons (Fsp3) is 0.500. The number of alkyl halides is 3. The molecule has 0 aromatic carbocycles. The quantitative estimate of drug-likeness (QED) is 0.374. The SMILES string of the molecule is O=C(CC(NC(=O)C(F)(F)F)C(=O)O)NO. The molecule has 1 atom stereocenters. The first-order valence-corrected chi connectivity index (χ1v) is 3.72. The second-order valence-corrected chi connectivity index (χ2v) is 2.60. The molecule has 0 radical (unpaired) electrons. The van der Waals surface area contributed by atoms with E-state index in [0.29, 0.717) is 0 Å². The first-order chi connectivity index (χ1) is 7.18. The van der Waals surface area contributed by atoms with E-state index in [2.05, 4.69) is 0 Å². The highest BCUT2D eigenvalue weighted by atomic mass is 19.4. The standard InChI is InChI=1S/C6H7F3N2O5/c7-6(8,9)5(15)10-2(4(13)14)1-3(12)11-16/h2,16H,1H2,(H,10,15)(H,11,12)(H,13,14). The Bertz CT molecular complexity index is 303. The van der Waals surface area contributed by atoms with Crippen molar-refractivity contribution in [2.24, 2.45) is 0 Å². The van der Waals surface area contributed by atoms with E-state index in [-0.39, 0.29) is 0 Å². The van der Waals surface area contributed by atoms with Gasteiger partial charge in [0.15, 0.2) is 0 Å². The molecule has 16 heavy (non-hydrogen) atoms. The maximum Gasteiger partial charge on any atom is 0.471 e. The van der Waals surface area contributed by atoms with Crippen molar-refractivity contribution in [1.29, 1.82) is 0 Å². The molecule has 0 saturated carbocycles. The Morgan fingerprint density at radius 3 is 2.06 bits per heavy atom. The number of aliphatic carboxylic acids is 1. The lowest BCUT2D eigenvalue weighted by molar-refractivity contribution is -0.175. The lowest BCUT2D eigenvalue weighted by Gasteiger charge is -2.14. The average molecular weight is 244 g/mol. The second kappa shape index (κ2) is 5.30. The summed E-state index contributed by atoms with van der Waals surface area (Å²) in [6.07, 6.45) is -6.27. The zero-order valence-electron chi connectivity index (χ0n) is 7.54. The number of carbonyl (C=O) groups excluding carboxylic acids is 2. The van der Waals surface area contributed by atoms with Crippen LogP contribution in [0.15, 0.2) is 0 Å². The van der Waals surface area contributed by atoms with Crippen LogP contribution in [0.3, 0.4) is 0 Å². The molecule has 4 N–H and O–H groups in total. The smallest absolute Gasteiger partial charge is 0.471 e. The minimum atomic E-state index is -5.25. The highest BCUT2D eigenvalue weighted by Crippen LogP contribution is 2.14. The molecular formula is C6H7F3N2O5. The van der Waals surface area contributed by atoms with Gasteiger partial charge in [0.25, 0.3) is 0 Å². The number of rotatable bonds is 4. The van der Waals surface area contributed by atoms with Crippen LogP contribution in [0, 0.1) is 0 Å². The molecule has 2 amide bonds. The van der Waals surface area contributed by atoms with E-state index in [0.717, 1.165) is 10.8 Å². The Kier molecular flexibility index (Phi) is 4.69. The van der Waals surface area contributed by atoms with E-state index in [1.165, 1.54) is 0 Å². The van der Waals surface area contributed by atoms with Crippen LogP contribution in [-0.4, -0.2) is 40.3 Å². The maximum atomic E-state index is 11.7. The first kappa shape index (κ1) is 14.2. The molecule has 92 valence electrons. The summed E-state index contributed by atoms with van der Waals surface area (Å²) in [5, 5.41) is 17.5. The number of halogens is 3. The Morgan fingerprint density at radius 2 is 1.75 bits per heavy atom. The number of carboxylic acids is 1. The van der Waals surface area contributed by atoms with Crippen LogP contribution >= 0.6 is 0 Å². The van der Waals surface area contributed by atoms with Crippen molar-refractivity contribution >= 4 is 17.8 Å². The van der Waals surface area contributed by atoms with Crippen LogP contribution in [0.2, 0.25) is 0 Å². The van der Waals surface area contributed by atoms with Gasteiger partial charge in [-0.3, -0.25) is 14.8 Å². The summed E-state index contributed by atoms with van der Waals surface area (Å²) >= 11 is 0. The third-order valence-corrected chi connectivity index (χ3v) is 1.38. The summed E-state index contributed by atoms with van der Waals surface area (Å²) in [6.45, 7) is 0. The summed E-state index contributed by atoms with van der Waals surface area (Å²) in [7, 11) is 0. The molecular weight excluding hydrogens is 237 g/mol. The first-order valence-electron chi connectivity index (χ1n) is 3.72. The van der Waals surface area contributed by atoms with Crippen LogP contribution in [-0.2, 0) is 14.4 Å². The minimum Gasteiger partial charge on any atom is -0.480 e. The molecule has 7 nitrogen and oxygen atoms in total. The van der Waals surface area contributed by atoms with Crippen molar-refractivity contribution in [3.8, 4) is 0 Å². The molecule has 0 bridgehead atoms. The minimum absolute atomic E-state index is 1.02. The summed E-state index contributed by atoms with van der Waals surface area (Å²) in [4.78, 5) is 31.2. The fourth-order valence-corrected chi connectivity index (χ4v) is 0.671. The molecule has 0 aromatic heterocycles. The number of hydrogen-bond acceptors (Lipinski definition) is 4. The van der Waals surface area contributed by atoms with Crippen molar-refractivity contribution in [1.82, 2.24) is 10.8 Å². The molecule has 0 heterocycles. The van der Waals surface area contributed by atoms with Gasteiger partial charge >= 0.3 is 18.1 Å². The van der Waals surface area contributed by atoms with Gasteiger partial charge in [-0.1, -0.05) is 0 Å². The predicted octanol–water partition coefficient (Wildman–Crippen LogP) is -0.986. The summed E-state index contributed by atoms with van der Waals surface area (Å²) in [6, 6.07) is -2.07. The number of carbonyl (C=O) groups is 3. The van der Waals surface area contributed by atoms with E-state index in [4.69, 9.17) is 10.3 Å². The largest absolute Gasteiger partial charge is 0.480 e. The zero-order valence-corrected chi connectivity index (χ0v) is 7.54. The van der Waals surface area contributed by atoms with Crippen molar-refractivity contribution < 1.29 is 37.9 Å². The third-order valence-electron chi connectivity index (χ3n) is 1.38. The van der Waals surface area contributed by atoms with Gasteiger partial charge in [-0.2, -0.15) is 13.2 Å². The van der Waals surface area contributed by atoms with Gasteiger partial charge < -0.3 is 10.4 Å². The van der Waals surface area contributed by atoms with E-state index >= 15 is 0 Å². The van der Waals surface area contributed by atoms with E-state index in [9.17, 15) is 27.6 Å². The van der Waals surface area contributed by atoms with Crippen molar-refractivity contribution in [2.75, 3.05) is 0 Å². The maximum absolute atomic E-state index is 11.7. The third kappa shape index (κ3) is 4.59. The van der Waals surface area contributed by atoms with Gasteiger partial charge in [-0.05, 0) is 0 Å². The van der Waals surface area contributed by atoms with Gasteiger partial charge in [0.05, 0.1) is 6.42 Å². The van der Waals surface area contributed by atoms with E-state index < -0.39 is 36.4 Å². The molecule has 10 heteroatoms. The van der Waals surface area contributed by atoms with Crippen LogP contribution in [0.5, 0.6) is 0 Å². The number of nitrogens with one attached hydrogen (secondary N) is 2. The summed E-state index contributed by atoms with van der Waals surface area (Å²) in [5.74, 6) is -5.55. The van der Waals surface area contributed by atoms with E-state index in [1.807, 2.05) is 0 Å². The number of carboxylic acid groups (broad SMARTS) is 1. The molecule has 0 rings (SSSR count). The lowest BCUT2D eigenvalue weighted by Crippen LogP contribution is -2.48. The lowest BCUT2D eigenvalue weighted by atomic mass is 10.2. The molecule has 0 saturated heterocycles. The molecule has 0 aromatic rings. The normalized spacial score (nSPS) is 12.8. The molecule has 0 aliphatic rings. The topological polar surface area (TPSA) is 116 Å². The zero-order chi connectivity index (χ0) is 12.9. The van der Waals surface area contributed by atoms with Gasteiger partial charge in [0, 0.05) is 0 Å². The Morgan fingerprint density at radius 1 is 1.25 bits per heavy atom. The predicted molar refractivity (Wildman–Crippen MR) is 40.2 cm³/mol. The average Bonchev–Trinajstić information content (AvgIpc) is 2.14. The highest BCUT2D eigenvalue weighted by Gasteiger charge is 2.41. The van der Waals surface area contributed by atoms with Gasteiger partial charge in [-0.25, -0.2) is 10.3 Å². The van der Waals surface area contributed by atoms with Gasteiger partial charge in [0.2, 0.25) is 5.91 Å². The second-order valence-electron chi connectivity index (χ2n) is 2.60. The Balaban J connectivity index is 4.53. The number of hydroxylamine groups is 1. The van der Waals surface area contributed by atoms with E-state index in [1.54, 1.807) is 0 Å². The highest BCUT2D eigenvalue weighted by molar-refractivity contribution is 5.90. The summed E-state index contributed by atoms with van der Waals surface area (Å²) < 4.78 is 35.2. The van der Waals surface area contributed by atoms with Crippen LogP contribution in [0.4, 0.5) is 13.2 Å². The van der Waals surface area contributed by atoms with Crippen LogP contribution < -0.4 is 10.8 Å². The molecule has 0 spiro atoms. The van der Waals surface area contributed by atoms with Gasteiger partial charge in [-0.15, -0.1) is 0 Å². The monoisotopic (exact) mass is 244 g/mol. The molecule has 0 aliphatic carbocycles. The van der Waals surface area contributed by atoms with Crippen molar-refractivity contribution in [3.63, 3.8) is 0 Å². The Hall–Kier alpha value is -1.84. The van der Waals surface area contributed by atoms with Crippen molar-refractivity contribution in [2.45, 2.75) is 18.6 Å². The number of hydrogen-bond donors (Lipinski definition) is 4. The Labute approximate surface area is 86.2 Å². The molecule has 1 unspecified atom stereocenters. The fourth-order valence-electron chi connectivity index (χ4n) is 0.671. The molecule has 0 aliphatic heterocycles.